The van der Waals surface area contributed by atoms with Gasteiger partial charge in [-0.3, -0.25) is 0 Å². The van der Waals surface area contributed by atoms with Gasteiger partial charge in [-0.25, -0.2) is 9.97 Å². The first-order chi connectivity index (χ1) is 12.6. The first kappa shape index (κ1) is 18.3. The van der Waals surface area contributed by atoms with Crippen molar-refractivity contribution in [2.45, 2.75) is 25.4 Å². The maximum Gasteiger partial charge on any atom is 0.157 e. The molecule has 2 aromatic rings. The Kier molecular flexibility index (Phi) is 5.78. The number of nitrogens with one attached hydrogen (secondary N) is 1. The number of nitrogens with zero attached hydrogens (tertiary/aromatic N) is 4. The van der Waals surface area contributed by atoms with Crippen molar-refractivity contribution in [2.24, 2.45) is 0 Å². The van der Waals surface area contributed by atoms with Crippen molar-refractivity contribution in [3.63, 3.8) is 0 Å². The average Bonchev–Trinajstić information content (AvgIpc) is 2.67. The number of hydrogen-bond acceptors (Lipinski definition) is 7. The highest BCUT2D eigenvalue weighted by Gasteiger charge is 2.23. The van der Waals surface area contributed by atoms with Gasteiger partial charge in [0.05, 0.1) is 7.11 Å². The van der Waals surface area contributed by atoms with Gasteiger partial charge in [-0.1, -0.05) is 12.1 Å². The molecule has 2 heterocycles. The number of methoxy groups -OCH3 is 1. The van der Waals surface area contributed by atoms with Gasteiger partial charge in [-0.2, -0.15) is 0 Å². The van der Waals surface area contributed by atoms with Gasteiger partial charge in [0.2, 0.25) is 0 Å². The van der Waals surface area contributed by atoms with E-state index >= 15 is 0 Å². The molecule has 0 aliphatic carbocycles. The number of nitrogen functional groups attached to an aromatic ring is 1. The summed E-state index contributed by atoms with van der Waals surface area (Å²) in [6.45, 7) is 2.84. The predicted molar refractivity (Wildman–Crippen MR) is 106 cm³/mol. The minimum Gasteiger partial charge on any atom is -0.497 e. The topological polar surface area (TPSA) is 79.5 Å². The Morgan fingerprint density at radius 3 is 2.58 bits per heavy atom. The number of ether oxygens (including phenoxy) is 1. The van der Waals surface area contributed by atoms with Crippen molar-refractivity contribution in [1.29, 1.82) is 0 Å². The molecule has 0 bridgehead atoms. The van der Waals surface area contributed by atoms with E-state index in [1.165, 1.54) is 0 Å². The molecule has 1 aliphatic heterocycles. The lowest BCUT2D eigenvalue weighted by molar-refractivity contribution is 0.252. The van der Waals surface area contributed by atoms with E-state index in [0.29, 0.717) is 24.1 Å². The molecular weight excluding hydrogens is 328 g/mol. The van der Waals surface area contributed by atoms with Gasteiger partial charge in [0.25, 0.3) is 0 Å². The molecule has 1 aliphatic rings. The van der Waals surface area contributed by atoms with E-state index in [1.54, 1.807) is 13.4 Å². The summed E-state index contributed by atoms with van der Waals surface area (Å²) in [5.74, 6) is 2.31. The standard InChI is InChI=1S/C19H28N6O/c1-24-10-8-15(9-11-24)25(2)19-17(20)18(22-13-23-19)21-12-14-4-6-16(26-3)7-5-14/h4-7,13,15H,8-12,20H2,1-3H3,(H,21,22,23). The van der Waals surface area contributed by atoms with Crippen LogP contribution in [-0.4, -0.2) is 55.2 Å². The van der Waals surface area contributed by atoms with Crippen molar-refractivity contribution in [3.05, 3.63) is 36.2 Å². The Bertz CT molecular complexity index is 712. The fourth-order valence-electron chi connectivity index (χ4n) is 3.29. The van der Waals surface area contributed by atoms with E-state index in [0.717, 1.165) is 43.1 Å². The van der Waals surface area contributed by atoms with E-state index in [1.807, 2.05) is 24.3 Å². The zero-order valence-corrected chi connectivity index (χ0v) is 15.8. The molecule has 0 spiro atoms. The molecule has 3 N–H and O–H groups in total. The minimum atomic E-state index is 0.456. The SMILES string of the molecule is COc1ccc(CNc2ncnc(N(C)C3CCN(C)CC3)c2N)cc1. The summed E-state index contributed by atoms with van der Waals surface area (Å²) in [6.07, 6.45) is 3.81. The molecule has 1 saturated heterocycles. The normalized spacial score (nSPS) is 15.7. The van der Waals surface area contributed by atoms with Gasteiger partial charge in [0.1, 0.15) is 17.8 Å². The van der Waals surface area contributed by atoms with Crippen molar-refractivity contribution in [1.82, 2.24) is 14.9 Å². The zero-order valence-electron chi connectivity index (χ0n) is 15.8. The highest BCUT2D eigenvalue weighted by atomic mass is 16.5. The smallest absolute Gasteiger partial charge is 0.157 e. The number of rotatable bonds is 6. The van der Waals surface area contributed by atoms with Crippen LogP contribution in [0.2, 0.25) is 0 Å². The molecule has 0 atom stereocenters. The molecule has 1 aromatic carbocycles. The highest BCUT2D eigenvalue weighted by Crippen LogP contribution is 2.29. The van der Waals surface area contributed by atoms with E-state index in [-0.39, 0.29) is 0 Å². The molecule has 3 rings (SSSR count). The fourth-order valence-corrected chi connectivity index (χ4v) is 3.29. The van der Waals surface area contributed by atoms with Crippen LogP contribution < -0.4 is 20.7 Å². The molecule has 1 aromatic heterocycles. The molecule has 0 amide bonds. The first-order valence-electron chi connectivity index (χ1n) is 8.97. The highest BCUT2D eigenvalue weighted by molar-refractivity contribution is 5.75. The maximum atomic E-state index is 6.37. The summed E-state index contributed by atoms with van der Waals surface area (Å²) >= 11 is 0. The van der Waals surface area contributed by atoms with Crippen molar-refractivity contribution in [3.8, 4) is 5.75 Å². The van der Waals surface area contributed by atoms with E-state index in [9.17, 15) is 0 Å². The molecule has 0 radical (unpaired) electrons. The summed E-state index contributed by atoms with van der Waals surface area (Å²) in [5, 5.41) is 3.32. The summed E-state index contributed by atoms with van der Waals surface area (Å²) < 4.78 is 5.19. The average molecular weight is 356 g/mol. The lowest BCUT2D eigenvalue weighted by Crippen LogP contribution is -2.42. The quantitative estimate of drug-likeness (QED) is 0.821. The number of nitrogens with two attached hydrogens (primary N) is 1. The number of benzene rings is 1. The Hall–Kier alpha value is -2.54. The van der Waals surface area contributed by atoms with Gasteiger partial charge >= 0.3 is 0 Å². The van der Waals surface area contributed by atoms with Crippen molar-refractivity contribution in [2.75, 3.05) is 50.2 Å². The number of aromatic nitrogens is 2. The Balaban J connectivity index is 1.68. The van der Waals surface area contributed by atoms with Crippen molar-refractivity contribution < 1.29 is 4.74 Å². The van der Waals surface area contributed by atoms with Crippen LogP contribution in [0.4, 0.5) is 17.3 Å². The monoisotopic (exact) mass is 356 g/mol. The third kappa shape index (κ3) is 4.16. The molecular formula is C19H28N6O. The summed E-state index contributed by atoms with van der Waals surface area (Å²) in [4.78, 5) is 13.3. The van der Waals surface area contributed by atoms with Gasteiger partial charge in [-0.05, 0) is 50.7 Å². The van der Waals surface area contributed by atoms with Gasteiger partial charge < -0.3 is 25.6 Å². The molecule has 140 valence electrons. The van der Waals surface area contributed by atoms with Crippen LogP contribution in [0.25, 0.3) is 0 Å². The molecule has 26 heavy (non-hydrogen) atoms. The van der Waals surface area contributed by atoms with E-state index in [4.69, 9.17) is 10.5 Å². The maximum absolute atomic E-state index is 6.37. The van der Waals surface area contributed by atoms with Crippen LogP contribution in [0.1, 0.15) is 18.4 Å². The number of anilines is 3. The lowest BCUT2D eigenvalue weighted by atomic mass is 10.0. The molecule has 7 nitrogen and oxygen atoms in total. The molecule has 0 unspecified atom stereocenters. The first-order valence-corrected chi connectivity index (χ1v) is 8.97. The van der Waals surface area contributed by atoms with E-state index < -0.39 is 0 Å². The third-order valence-electron chi connectivity index (χ3n) is 5.05. The Morgan fingerprint density at radius 1 is 1.23 bits per heavy atom. The fraction of sp³-hybridized carbons (Fsp3) is 0.474. The molecule has 0 saturated carbocycles. The Labute approximate surface area is 155 Å². The Morgan fingerprint density at radius 2 is 1.92 bits per heavy atom. The van der Waals surface area contributed by atoms with Crippen LogP contribution in [0.15, 0.2) is 30.6 Å². The predicted octanol–water partition coefficient (Wildman–Crippen LogP) is 2.21. The van der Waals surface area contributed by atoms with Crippen LogP contribution in [0.5, 0.6) is 5.75 Å². The minimum absolute atomic E-state index is 0.456. The summed E-state index contributed by atoms with van der Waals surface area (Å²) in [6, 6.07) is 8.39. The van der Waals surface area contributed by atoms with Gasteiger partial charge in [0, 0.05) is 19.6 Å². The summed E-state index contributed by atoms with van der Waals surface area (Å²) in [7, 11) is 5.90. The molecule has 7 heteroatoms. The largest absolute Gasteiger partial charge is 0.497 e. The third-order valence-corrected chi connectivity index (χ3v) is 5.05. The second kappa shape index (κ2) is 8.23. The van der Waals surface area contributed by atoms with Gasteiger partial charge in [0.15, 0.2) is 11.6 Å². The van der Waals surface area contributed by atoms with Crippen LogP contribution in [-0.2, 0) is 6.54 Å². The lowest BCUT2D eigenvalue weighted by Gasteiger charge is -2.36. The second-order valence-corrected chi connectivity index (χ2v) is 6.81. The van der Waals surface area contributed by atoms with Crippen molar-refractivity contribution >= 4 is 17.3 Å². The number of likely N-dealkylation sites (tertiary alicyclic amines) is 1. The number of piperidine rings is 1. The summed E-state index contributed by atoms with van der Waals surface area (Å²) in [5.41, 5.74) is 8.10. The zero-order chi connectivity index (χ0) is 18.5. The second-order valence-electron chi connectivity index (χ2n) is 6.81. The van der Waals surface area contributed by atoms with Gasteiger partial charge in [-0.15, -0.1) is 0 Å². The van der Waals surface area contributed by atoms with Crippen LogP contribution in [0.3, 0.4) is 0 Å². The van der Waals surface area contributed by atoms with Crippen LogP contribution >= 0.6 is 0 Å². The van der Waals surface area contributed by atoms with E-state index in [2.05, 4.69) is 39.2 Å². The molecule has 1 fully saturated rings. The van der Waals surface area contributed by atoms with Crippen LogP contribution in [0, 0.1) is 0 Å². The number of hydrogen-bond donors (Lipinski definition) is 2.